The highest BCUT2D eigenvalue weighted by Gasteiger charge is 2.53. The van der Waals surface area contributed by atoms with Gasteiger partial charge in [0.15, 0.2) is 6.20 Å². The molecule has 4 saturated carbocycles. The molecule has 162 valence electrons. The van der Waals surface area contributed by atoms with Crippen molar-refractivity contribution in [3.63, 3.8) is 0 Å². The first-order chi connectivity index (χ1) is 15.5. The Morgan fingerprint density at radius 2 is 1.53 bits per heavy atom. The SMILES string of the molecule is Cc1ccc2c(oc3c(C45CC6CC(CC(C6)C4)C5)c(F)ccc32)c1-c1cccc[n+]1C. The number of nitrogens with zero attached hydrogens (tertiary/aromatic N) is 1. The molecule has 0 atom stereocenters. The second-order valence-corrected chi connectivity index (χ2v) is 10.9. The lowest BCUT2D eigenvalue weighted by molar-refractivity contribution is -0.660. The normalized spacial score (nSPS) is 28.8. The molecule has 3 heteroatoms. The van der Waals surface area contributed by atoms with E-state index in [1.807, 2.05) is 12.1 Å². The first kappa shape index (κ1) is 18.8. The Morgan fingerprint density at radius 1 is 0.875 bits per heavy atom. The highest BCUT2D eigenvalue weighted by Crippen LogP contribution is 2.62. The molecule has 0 radical (unpaired) electrons. The summed E-state index contributed by atoms with van der Waals surface area (Å²) >= 11 is 0. The number of halogens is 1. The Morgan fingerprint density at radius 3 is 2.22 bits per heavy atom. The fourth-order valence-electron chi connectivity index (χ4n) is 7.99. The molecule has 2 nitrogen and oxygen atoms in total. The third-order valence-corrected chi connectivity index (χ3v) is 8.85. The molecule has 4 aliphatic carbocycles. The molecule has 0 unspecified atom stereocenters. The molecular weight excluding hydrogens is 397 g/mol. The molecule has 0 saturated heterocycles. The second-order valence-electron chi connectivity index (χ2n) is 10.9. The highest BCUT2D eigenvalue weighted by molar-refractivity contribution is 6.10. The van der Waals surface area contributed by atoms with Crippen molar-refractivity contribution in [3.8, 4) is 11.3 Å². The van der Waals surface area contributed by atoms with Gasteiger partial charge in [-0.05, 0) is 87.0 Å². The molecule has 4 aliphatic rings. The maximum absolute atomic E-state index is 15.7. The summed E-state index contributed by atoms with van der Waals surface area (Å²) in [5.74, 6) is 2.23. The maximum atomic E-state index is 15.7. The standard InChI is InChI=1S/C29H29FNO/c1-17-6-7-21-22-8-9-23(30)26(29-14-18-11-19(15-29)13-20(12-18)16-29)28(22)32-27(21)25(17)24-5-3-4-10-31(24)2/h3-10,18-20H,11-16H2,1-2H3/q+1. The molecule has 2 aromatic carbocycles. The summed E-state index contributed by atoms with van der Waals surface area (Å²) in [6.07, 6.45) is 9.51. The van der Waals surface area contributed by atoms with Crippen molar-refractivity contribution in [2.75, 3.05) is 0 Å². The van der Waals surface area contributed by atoms with E-state index in [0.29, 0.717) is 0 Å². The Balaban J connectivity index is 1.53. The number of aromatic nitrogens is 1. The van der Waals surface area contributed by atoms with Gasteiger partial charge in [0.05, 0.1) is 5.56 Å². The number of pyridine rings is 1. The van der Waals surface area contributed by atoms with Crippen LogP contribution < -0.4 is 4.57 Å². The molecule has 0 N–H and O–H groups in total. The van der Waals surface area contributed by atoms with E-state index >= 15 is 4.39 Å². The summed E-state index contributed by atoms with van der Waals surface area (Å²) in [6.45, 7) is 2.13. The second kappa shape index (κ2) is 6.43. The molecule has 4 aromatic rings. The van der Waals surface area contributed by atoms with E-state index in [1.165, 1.54) is 24.8 Å². The van der Waals surface area contributed by atoms with Crippen LogP contribution in [0.3, 0.4) is 0 Å². The van der Waals surface area contributed by atoms with Crippen LogP contribution in [-0.4, -0.2) is 0 Å². The number of benzene rings is 2. The van der Waals surface area contributed by atoms with Crippen LogP contribution in [0.25, 0.3) is 33.2 Å². The van der Waals surface area contributed by atoms with E-state index in [-0.39, 0.29) is 11.2 Å². The van der Waals surface area contributed by atoms with Crippen LogP contribution in [0.1, 0.15) is 49.7 Å². The van der Waals surface area contributed by atoms with Crippen molar-refractivity contribution in [2.24, 2.45) is 24.8 Å². The first-order valence-corrected chi connectivity index (χ1v) is 12.1. The third kappa shape index (κ3) is 2.48. The van der Waals surface area contributed by atoms with Crippen LogP contribution in [0.4, 0.5) is 4.39 Å². The fraction of sp³-hybridized carbons (Fsp3) is 0.414. The Kier molecular flexibility index (Phi) is 3.79. The van der Waals surface area contributed by atoms with Crippen LogP contribution in [-0.2, 0) is 12.5 Å². The van der Waals surface area contributed by atoms with Crippen molar-refractivity contribution < 1.29 is 13.4 Å². The van der Waals surface area contributed by atoms with Gasteiger partial charge in [-0.2, -0.15) is 0 Å². The minimum atomic E-state index is -0.0676. The van der Waals surface area contributed by atoms with Gasteiger partial charge in [0.25, 0.3) is 0 Å². The fourth-order valence-corrected chi connectivity index (χ4v) is 7.99. The van der Waals surface area contributed by atoms with Gasteiger partial charge < -0.3 is 4.42 Å². The molecule has 0 amide bonds. The van der Waals surface area contributed by atoms with Gasteiger partial charge in [-0.1, -0.05) is 12.1 Å². The van der Waals surface area contributed by atoms with E-state index in [2.05, 4.69) is 49.0 Å². The number of hydrogen-bond donors (Lipinski definition) is 0. The zero-order valence-corrected chi connectivity index (χ0v) is 18.8. The maximum Gasteiger partial charge on any atom is 0.216 e. The average molecular weight is 427 g/mol. The molecule has 32 heavy (non-hydrogen) atoms. The largest absolute Gasteiger partial charge is 0.455 e. The highest BCUT2D eigenvalue weighted by atomic mass is 19.1. The molecule has 8 rings (SSSR count). The van der Waals surface area contributed by atoms with Crippen LogP contribution in [0.5, 0.6) is 0 Å². The molecule has 2 heterocycles. The lowest BCUT2D eigenvalue weighted by Crippen LogP contribution is -2.49. The predicted molar refractivity (Wildman–Crippen MR) is 125 cm³/mol. The van der Waals surface area contributed by atoms with Crippen molar-refractivity contribution >= 4 is 21.9 Å². The smallest absolute Gasteiger partial charge is 0.216 e. The van der Waals surface area contributed by atoms with Crippen LogP contribution in [0.15, 0.2) is 53.1 Å². The molecule has 4 fully saturated rings. The monoisotopic (exact) mass is 426 g/mol. The van der Waals surface area contributed by atoms with E-state index in [1.54, 1.807) is 6.07 Å². The Labute approximate surface area is 188 Å². The van der Waals surface area contributed by atoms with Gasteiger partial charge in [-0.3, -0.25) is 0 Å². The topological polar surface area (TPSA) is 17.0 Å². The number of fused-ring (bicyclic) bond motifs is 3. The summed E-state index contributed by atoms with van der Waals surface area (Å²) in [6, 6.07) is 14.2. The minimum absolute atomic E-state index is 0.0428. The molecule has 0 spiro atoms. The van der Waals surface area contributed by atoms with Gasteiger partial charge in [0, 0.05) is 33.9 Å². The summed E-state index contributed by atoms with van der Waals surface area (Å²) in [5.41, 5.74) is 5.93. The third-order valence-electron chi connectivity index (χ3n) is 8.85. The number of hydrogen-bond acceptors (Lipinski definition) is 1. The van der Waals surface area contributed by atoms with Gasteiger partial charge in [-0.15, -0.1) is 0 Å². The van der Waals surface area contributed by atoms with E-state index in [9.17, 15) is 0 Å². The molecule has 0 aliphatic heterocycles. The number of rotatable bonds is 2. The minimum Gasteiger partial charge on any atom is -0.455 e. The van der Waals surface area contributed by atoms with Gasteiger partial charge in [-0.25, -0.2) is 8.96 Å². The zero-order valence-electron chi connectivity index (χ0n) is 18.8. The predicted octanol–water partition coefficient (Wildman–Crippen LogP) is 6.99. The molecular formula is C29H29FNO+. The Bertz CT molecular complexity index is 1360. The summed E-state index contributed by atoms with van der Waals surface area (Å²) in [4.78, 5) is 0. The van der Waals surface area contributed by atoms with Gasteiger partial charge >= 0.3 is 0 Å². The van der Waals surface area contributed by atoms with Crippen LogP contribution in [0.2, 0.25) is 0 Å². The average Bonchev–Trinajstić information content (AvgIpc) is 3.11. The lowest BCUT2D eigenvalue weighted by atomic mass is 9.48. The van der Waals surface area contributed by atoms with E-state index in [4.69, 9.17) is 4.42 Å². The zero-order chi connectivity index (χ0) is 21.6. The number of aryl methyl sites for hydroxylation is 2. The first-order valence-electron chi connectivity index (χ1n) is 12.1. The lowest BCUT2D eigenvalue weighted by Gasteiger charge is -2.57. The van der Waals surface area contributed by atoms with Crippen molar-refractivity contribution in [1.29, 1.82) is 0 Å². The van der Waals surface area contributed by atoms with Crippen molar-refractivity contribution in [1.82, 2.24) is 0 Å². The van der Waals surface area contributed by atoms with Gasteiger partial charge in [0.2, 0.25) is 5.69 Å². The summed E-state index contributed by atoms with van der Waals surface area (Å²) < 4.78 is 24.5. The van der Waals surface area contributed by atoms with E-state index < -0.39 is 0 Å². The quantitative estimate of drug-likeness (QED) is 0.316. The number of furan rings is 1. The Hall–Kier alpha value is -2.68. The van der Waals surface area contributed by atoms with Crippen molar-refractivity contribution in [3.05, 3.63) is 65.6 Å². The van der Waals surface area contributed by atoms with Crippen LogP contribution >= 0.6 is 0 Å². The molecule has 2 aromatic heterocycles. The summed E-state index contributed by atoms with van der Waals surface area (Å²) in [5, 5.41) is 2.16. The van der Waals surface area contributed by atoms with E-state index in [0.717, 1.165) is 75.8 Å². The van der Waals surface area contributed by atoms with Gasteiger partial charge in [0.1, 0.15) is 24.0 Å². The molecule has 4 bridgehead atoms. The summed E-state index contributed by atoms with van der Waals surface area (Å²) in [7, 11) is 2.07. The van der Waals surface area contributed by atoms with Crippen LogP contribution in [0, 0.1) is 30.5 Å². The van der Waals surface area contributed by atoms with Crippen molar-refractivity contribution in [2.45, 2.75) is 50.9 Å².